The van der Waals surface area contributed by atoms with Crippen molar-refractivity contribution in [3.05, 3.63) is 24.3 Å². The maximum Gasteiger partial charge on any atom is 0.201 e. The Hall–Kier alpha value is -1.55. The Labute approximate surface area is 108 Å². The van der Waals surface area contributed by atoms with Gasteiger partial charge < -0.3 is 15.2 Å². The average molecular weight is 246 g/mol. The molecule has 0 aliphatic heterocycles. The van der Waals surface area contributed by atoms with E-state index in [1.54, 1.807) is 0 Å². The molecule has 0 saturated heterocycles. The fourth-order valence-electron chi connectivity index (χ4n) is 2.46. The molecule has 1 heterocycles. The van der Waals surface area contributed by atoms with E-state index in [0.717, 1.165) is 30.7 Å². The lowest BCUT2D eigenvalue weighted by Crippen LogP contribution is -2.29. The van der Waals surface area contributed by atoms with E-state index in [0.29, 0.717) is 12.0 Å². The first-order chi connectivity index (χ1) is 8.67. The van der Waals surface area contributed by atoms with Crippen LogP contribution >= 0.6 is 0 Å². The number of nitrogen functional groups attached to an aromatic ring is 1. The molecule has 2 rings (SSSR count). The van der Waals surface area contributed by atoms with E-state index in [4.69, 9.17) is 5.73 Å². The molecule has 2 N–H and O–H groups in total. The van der Waals surface area contributed by atoms with Crippen molar-refractivity contribution in [1.29, 1.82) is 0 Å². The summed E-state index contributed by atoms with van der Waals surface area (Å²) in [7, 11) is 0. The number of nitrogens with zero attached hydrogens (tertiary/aromatic N) is 3. The Balaban J connectivity index is 2.32. The van der Waals surface area contributed by atoms with Crippen molar-refractivity contribution >= 4 is 17.0 Å². The molecule has 0 fully saturated rings. The number of nitrogens with two attached hydrogens (primary N) is 1. The predicted molar refractivity (Wildman–Crippen MR) is 76.6 cm³/mol. The highest BCUT2D eigenvalue weighted by Crippen LogP contribution is 2.22. The van der Waals surface area contributed by atoms with Crippen LogP contribution in [0.5, 0.6) is 0 Å². The summed E-state index contributed by atoms with van der Waals surface area (Å²) in [5.74, 6) is 0.607. The monoisotopic (exact) mass is 246 g/mol. The van der Waals surface area contributed by atoms with Crippen LogP contribution in [0.3, 0.4) is 0 Å². The van der Waals surface area contributed by atoms with Gasteiger partial charge in [0.25, 0.3) is 0 Å². The molecule has 4 nitrogen and oxygen atoms in total. The lowest BCUT2D eigenvalue weighted by Gasteiger charge is -2.24. The summed E-state index contributed by atoms with van der Waals surface area (Å²) < 4.78 is 2.13. The van der Waals surface area contributed by atoms with E-state index in [-0.39, 0.29) is 0 Å². The highest BCUT2D eigenvalue weighted by molar-refractivity contribution is 5.78. The topological polar surface area (TPSA) is 47.1 Å². The van der Waals surface area contributed by atoms with Crippen LogP contribution in [0.25, 0.3) is 11.0 Å². The van der Waals surface area contributed by atoms with Crippen molar-refractivity contribution < 1.29 is 0 Å². The minimum Gasteiger partial charge on any atom is -0.369 e. The number of hydrogen-bond donors (Lipinski definition) is 1. The standard InChI is InChI=1S/C14H22N4/c1-4-17(5-2)10-11(3)18-13-9-7-6-8-12(13)16-14(18)15/h6-9,11H,4-5,10H2,1-3H3,(H2,15,16). The molecule has 0 radical (unpaired) electrons. The fourth-order valence-corrected chi connectivity index (χ4v) is 2.46. The van der Waals surface area contributed by atoms with E-state index in [1.807, 2.05) is 18.2 Å². The minimum atomic E-state index is 0.331. The number of anilines is 1. The Morgan fingerprint density at radius 1 is 1.28 bits per heavy atom. The van der Waals surface area contributed by atoms with Crippen LogP contribution in [-0.4, -0.2) is 34.1 Å². The Morgan fingerprint density at radius 2 is 1.94 bits per heavy atom. The molecule has 1 aromatic heterocycles. The van der Waals surface area contributed by atoms with Gasteiger partial charge in [-0.05, 0) is 32.1 Å². The molecule has 98 valence electrons. The van der Waals surface area contributed by atoms with Gasteiger partial charge in [0, 0.05) is 12.6 Å². The Bertz CT molecular complexity index is 513. The number of fused-ring (bicyclic) bond motifs is 1. The third kappa shape index (κ3) is 2.34. The lowest BCUT2D eigenvalue weighted by atomic mass is 10.2. The fraction of sp³-hybridized carbons (Fsp3) is 0.500. The second kappa shape index (κ2) is 5.40. The van der Waals surface area contributed by atoms with Gasteiger partial charge in [0.1, 0.15) is 0 Å². The van der Waals surface area contributed by atoms with Crippen LogP contribution in [0, 0.1) is 0 Å². The van der Waals surface area contributed by atoms with E-state index >= 15 is 0 Å². The van der Waals surface area contributed by atoms with E-state index in [9.17, 15) is 0 Å². The smallest absolute Gasteiger partial charge is 0.201 e. The Kier molecular flexibility index (Phi) is 3.87. The summed E-state index contributed by atoms with van der Waals surface area (Å²) in [5, 5.41) is 0. The zero-order valence-corrected chi connectivity index (χ0v) is 11.4. The summed E-state index contributed by atoms with van der Waals surface area (Å²) >= 11 is 0. The van der Waals surface area contributed by atoms with Gasteiger partial charge in [0.2, 0.25) is 5.95 Å². The van der Waals surface area contributed by atoms with E-state index in [1.165, 1.54) is 0 Å². The molecule has 0 spiro atoms. The zero-order chi connectivity index (χ0) is 13.1. The van der Waals surface area contributed by atoms with Crippen molar-refractivity contribution in [2.24, 2.45) is 0 Å². The third-order valence-corrected chi connectivity index (χ3v) is 3.48. The number of aromatic nitrogens is 2. The summed E-state index contributed by atoms with van der Waals surface area (Å²) in [6.07, 6.45) is 0. The summed E-state index contributed by atoms with van der Waals surface area (Å²) in [5.41, 5.74) is 8.14. The first-order valence-corrected chi connectivity index (χ1v) is 6.62. The quantitative estimate of drug-likeness (QED) is 0.882. The predicted octanol–water partition coefficient (Wildman–Crippen LogP) is 2.52. The Morgan fingerprint density at radius 3 is 2.61 bits per heavy atom. The maximum atomic E-state index is 6.05. The van der Waals surface area contributed by atoms with Crippen LogP contribution in [-0.2, 0) is 0 Å². The molecule has 1 unspecified atom stereocenters. The second-order valence-corrected chi connectivity index (χ2v) is 4.66. The number of benzene rings is 1. The van der Waals surface area contributed by atoms with Gasteiger partial charge in [0.05, 0.1) is 11.0 Å². The van der Waals surface area contributed by atoms with Gasteiger partial charge in [-0.3, -0.25) is 0 Å². The lowest BCUT2D eigenvalue weighted by molar-refractivity contribution is 0.264. The van der Waals surface area contributed by atoms with Crippen molar-refractivity contribution in [3.8, 4) is 0 Å². The first-order valence-electron chi connectivity index (χ1n) is 6.62. The maximum absolute atomic E-state index is 6.05. The van der Waals surface area contributed by atoms with Gasteiger partial charge in [-0.1, -0.05) is 26.0 Å². The summed E-state index contributed by atoms with van der Waals surface area (Å²) in [6.45, 7) is 9.69. The molecule has 1 atom stereocenters. The number of hydrogen-bond acceptors (Lipinski definition) is 3. The number of likely N-dealkylation sites (N-methyl/N-ethyl adjacent to an activating group) is 1. The summed E-state index contributed by atoms with van der Waals surface area (Å²) in [4.78, 5) is 6.82. The van der Waals surface area contributed by atoms with E-state index < -0.39 is 0 Å². The van der Waals surface area contributed by atoms with Crippen LogP contribution < -0.4 is 5.73 Å². The molecule has 2 aromatic rings. The molecule has 0 amide bonds. The average Bonchev–Trinajstić information content (AvgIpc) is 2.71. The SMILES string of the molecule is CCN(CC)CC(C)n1c(N)nc2ccccc21. The van der Waals surface area contributed by atoms with Gasteiger partial charge in [-0.25, -0.2) is 4.98 Å². The largest absolute Gasteiger partial charge is 0.369 e. The first kappa shape index (κ1) is 12.9. The molecular formula is C14H22N4. The summed E-state index contributed by atoms with van der Waals surface area (Å²) in [6, 6.07) is 8.44. The molecule has 0 saturated carbocycles. The van der Waals surface area contributed by atoms with Crippen LogP contribution in [0.1, 0.15) is 26.8 Å². The molecule has 4 heteroatoms. The van der Waals surface area contributed by atoms with Gasteiger partial charge >= 0.3 is 0 Å². The van der Waals surface area contributed by atoms with Gasteiger partial charge in [-0.2, -0.15) is 0 Å². The van der Waals surface area contributed by atoms with E-state index in [2.05, 4.69) is 41.3 Å². The van der Waals surface area contributed by atoms with Crippen molar-refractivity contribution in [2.45, 2.75) is 26.8 Å². The molecule has 0 bridgehead atoms. The number of imidazole rings is 1. The molecular weight excluding hydrogens is 224 g/mol. The third-order valence-electron chi connectivity index (χ3n) is 3.48. The highest BCUT2D eigenvalue weighted by Gasteiger charge is 2.15. The number of para-hydroxylation sites is 2. The highest BCUT2D eigenvalue weighted by atomic mass is 15.2. The molecule has 1 aromatic carbocycles. The van der Waals surface area contributed by atoms with Gasteiger partial charge in [-0.15, -0.1) is 0 Å². The van der Waals surface area contributed by atoms with Crippen molar-refractivity contribution in [2.75, 3.05) is 25.4 Å². The van der Waals surface area contributed by atoms with Crippen LogP contribution in [0.15, 0.2) is 24.3 Å². The number of rotatable bonds is 5. The normalized spacial score (nSPS) is 13.3. The minimum absolute atomic E-state index is 0.331. The van der Waals surface area contributed by atoms with Gasteiger partial charge in [0.15, 0.2) is 0 Å². The molecule has 0 aliphatic carbocycles. The molecule has 18 heavy (non-hydrogen) atoms. The van der Waals surface area contributed by atoms with Crippen molar-refractivity contribution in [1.82, 2.24) is 14.5 Å². The van der Waals surface area contributed by atoms with Crippen LogP contribution in [0.2, 0.25) is 0 Å². The van der Waals surface area contributed by atoms with Crippen LogP contribution in [0.4, 0.5) is 5.95 Å². The second-order valence-electron chi connectivity index (χ2n) is 4.66. The van der Waals surface area contributed by atoms with Crippen molar-refractivity contribution in [3.63, 3.8) is 0 Å². The molecule has 0 aliphatic rings. The zero-order valence-electron chi connectivity index (χ0n) is 11.4.